The van der Waals surface area contributed by atoms with Gasteiger partial charge >= 0.3 is 0 Å². The third kappa shape index (κ3) is 2.65. The first kappa shape index (κ1) is 13.1. The molecule has 3 rings (SSSR count). The fourth-order valence-electron chi connectivity index (χ4n) is 2.73. The molecule has 1 saturated heterocycles. The van der Waals surface area contributed by atoms with E-state index in [1.807, 2.05) is 12.3 Å². The van der Waals surface area contributed by atoms with Gasteiger partial charge in [-0.15, -0.1) is 0 Å². The predicted octanol–water partition coefficient (Wildman–Crippen LogP) is 1.22. The molecule has 1 aliphatic rings. The number of likely N-dealkylation sites (N-methyl/N-ethyl adjacent to an activating group) is 1. The van der Waals surface area contributed by atoms with Crippen molar-refractivity contribution in [2.24, 2.45) is 0 Å². The molecule has 1 atom stereocenters. The van der Waals surface area contributed by atoms with Crippen LogP contribution in [0.4, 0.5) is 5.82 Å². The Morgan fingerprint density at radius 3 is 3.10 bits per heavy atom. The number of rotatable bonds is 4. The van der Waals surface area contributed by atoms with Gasteiger partial charge in [-0.05, 0) is 19.4 Å². The fraction of sp³-hybridized carbons (Fsp3) is 0.500. The Morgan fingerprint density at radius 2 is 2.40 bits per heavy atom. The van der Waals surface area contributed by atoms with E-state index in [-0.39, 0.29) is 0 Å². The van der Waals surface area contributed by atoms with Crippen LogP contribution in [-0.4, -0.2) is 51.2 Å². The van der Waals surface area contributed by atoms with E-state index in [1.54, 1.807) is 12.5 Å². The van der Waals surface area contributed by atoms with Crippen molar-refractivity contribution in [2.75, 3.05) is 25.0 Å². The normalized spacial score (nSPS) is 19.4. The Kier molecular flexibility index (Phi) is 3.64. The van der Waals surface area contributed by atoms with E-state index < -0.39 is 0 Å². The van der Waals surface area contributed by atoms with Crippen LogP contribution in [0.3, 0.4) is 0 Å². The Bertz CT molecular complexity index is 552. The average Bonchev–Trinajstić information content (AvgIpc) is 3.10. The summed E-state index contributed by atoms with van der Waals surface area (Å²) in [6.45, 7) is 5.22. The third-order valence-corrected chi connectivity index (χ3v) is 4.05. The van der Waals surface area contributed by atoms with Crippen molar-refractivity contribution in [3.8, 4) is 0 Å². The van der Waals surface area contributed by atoms with Gasteiger partial charge in [0.25, 0.3) is 0 Å². The summed E-state index contributed by atoms with van der Waals surface area (Å²) in [5.74, 6) is 0.992. The van der Waals surface area contributed by atoms with Crippen molar-refractivity contribution in [2.45, 2.75) is 25.9 Å². The number of aromatic nitrogens is 4. The minimum absolute atomic E-state index is 0.511. The fourth-order valence-corrected chi connectivity index (χ4v) is 2.73. The van der Waals surface area contributed by atoms with Crippen molar-refractivity contribution < 1.29 is 0 Å². The summed E-state index contributed by atoms with van der Waals surface area (Å²) >= 11 is 0. The van der Waals surface area contributed by atoms with Gasteiger partial charge in [0, 0.05) is 50.2 Å². The quantitative estimate of drug-likeness (QED) is 0.906. The second-order valence-electron chi connectivity index (χ2n) is 5.38. The zero-order valence-corrected chi connectivity index (χ0v) is 12.0. The summed E-state index contributed by atoms with van der Waals surface area (Å²) in [5, 5.41) is 7.08. The van der Waals surface area contributed by atoms with Gasteiger partial charge in [-0.3, -0.25) is 10.00 Å². The first-order valence-electron chi connectivity index (χ1n) is 6.94. The number of aromatic amines is 1. The highest BCUT2D eigenvalue weighted by molar-refractivity contribution is 5.37. The summed E-state index contributed by atoms with van der Waals surface area (Å²) in [5.41, 5.74) is 2.45. The lowest BCUT2D eigenvalue weighted by molar-refractivity contribution is 0.325. The van der Waals surface area contributed by atoms with Crippen molar-refractivity contribution in [1.29, 1.82) is 0 Å². The summed E-state index contributed by atoms with van der Waals surface area (Å²) < 4.78 is 0. The van der Waals surface area contributed by atoms with Crippen molar-refractivity contribution >= 4 is 5.82 Å². The van der Waals surface area contributed by atoms with Gasteiger partial charge in [0.15, 0.2) is 0 Å². The van der Waals surface area contributed by atoms with Crippen LogP contribution in [0.5, 0.6) is 0 Å². The number of nitrogens with one attached hydrogen (secondary N) is 1. The summed E-state index contributed by atoms with van der Waals surface area (Å²) in [6.07, 6.45) is 6.49. The Balaban J connectivity index is 1.61. The van der Waals surface area contributed by atoms with Crippen molar-refractivity contribution in [1.82, 2.24) is 25.1 Å². The molecule has 0 aromatic carbocycles. The molecule has 1 N–H and O–H groups in total. The first-order chi connectivity index (χ1) is 9.74. The first-order valence-corrected chi connectivity index (χ1v) is 6.94. The van der Waals surface area contributed by atoms with Crippen LogP contribution in [0.25, 0.3) is 0 Å². The van der Waals surface area contributed by atoms with Crippen LogP contribution in [0.1, 0.15) is 17.7 Å². The summed E-state index contributed by atoms with van der Waals surface area (Å²) in [6, 6.07) is 2.47. The lowest BCUT2D eigenvalue weighted by atomic mass is 10.2. The van der Waals surface area contributed by atoms with Crippen LogP contribution in [0.15, 0.2) is 24.8 Å². The van der Waals surface area contributed by atoms with Crippen LogP contribution in [-0.2, 0) is 6.54 Å². The molecule has 0 spiro atoms. The number of hydrogen-bond donors (Lipinski definition) is 1. The summed E-state index contributed by atoms with van der Waals surface area (Å²) in [4.78, 5) is 13.0. The zero-order chi connectivity index (χ0) is 13.9. The maximum absolute atomic E-state index is 4.32. The molecule has 6 heteroatoms. The smallest absolute Gasteiger partial charge is 0.131 e. The molecule has 0 bridgehead atoms. The molecule has 3 heterocycles. The van der Waals surface area contributed by atoms with E-state index in [4.69, 9.17) is 0 Å². The van der Waals surface area contributed by atoms with Gasteiger partial charge in [0.2, 0.25) is 0 Å². The standard InChI is InChI=1S/C14H20N6/c1-11-12(7-17-18-11)8-20-6-4-13(9-20)19(2)14-3-5-15-10-16-14/h3,5,7,10,13H,4,6,8-9H2,1-2H3,(H,17,18). The molecular formula is C14H20N6. The molecule has 1 unspecified atom stereocenters. The minimum atomic E-state index is 0.511. The lowest BCUT2D eigenvalue weighted by Crippen LogP contribution is -2.34. The maximum atomic E-state index is 4.32. The molecule has 2 aromatic rings. The average molecular weight is 272 g/mol. The number of hydrogen-bond acceptors (Lipinski definition) is 5. The topological polar surface area (TPSA) is 60.9 Å². The van der Waals surface area contributed by atoms with Crippen molar-refractivity contribution in [3.05, 3.63) is 36.0 Å². The monoisotopic (exact) mass is 272 g/mol. The maximum Gasteiger partial charge on any atom is 0.131 e. The number of nitrogens with zero attached hydrogens (tertiary/aromatic N) is 5. The molecule has 0 radical (unpaired) electrons. The van der Waals surface area contributed by atoms with Gasteiger partial charge in [0.1, 0.15) is 12.1 Å². The largest absolute Gasteiger partial charge is 0.355 e. The highest BCUT2D eigenvalue weighted by atomic mass is 15.3. The van der Waals surface area contributed by atoms with Gasteiger partial charge in [-0.2, -0.15) is 5.10 Å². The zero-order valence-electron chi connectivity index (χ0n) is 12.0. The molecule has 0 aliphatic carbocycles. The van der Waals surface area contributed by atoms with Crippen LogP contribution in [0, 0.1) is 6.92 Å². The van der Waals surface area contributed by atoms with E-state index in [2.05, 4.69) is 43.9 Å². The van der Waals surface area contributed by atoms with Crippen LogP contribution >= 0.6 is 0 Å². The second-order valence-corrected chi connectivity index (χ2v) is 5.38. The molecule has 1 fully saturated rings. The highest BCUT2D eigenvalue weighted by Crippen LogP contribution is 2.21. The van der Waals surface area contributed by atoms with Crippen LogP contribution < -0.4 is 4.90 Å². The number of likely N-dealkylation sites (tertiary alicyclic amines) is 1. The molecular weight excluding hydrogens is 252 g/mol. The van der Waals surface area contributed by atoms with Crippen molar-refractivity contribution in [3.63, 3.8) is 0 Å². The third-order valence-electron chi connectivity index (χ3n) is 4.05. The molecule has 106 valence electrons. The van der Waals surface area contributed by atoms with Gasteiger partial charge in [-0.1, -0.05) is 0 Å². The Morgan fingerprint density at radius 1 is 1.50 bits per heavy atom. The van der Waals surface area contributed by atoms with Gasteiger partial charge in [-0.25, -0.2) is 9.97 Å². The molecule has 0 saturated carbocycles. The lowest BCUT2D eigenvalue weighted by Gasteiger charge is -2.25. The number of anilines is 1. The Hall–Kier alpha value is -1.95. The molecule has 6 nitrogen and oxygen atoms in total. The molecule has 1 aliphatic heterocycles. The number of H-pyrrole nitrogens is 1. The van der Waals surface area contributed by atoms with E-state index in [0.717, 1.165) is 37.6 Å². The Labute approximate surface area is 118 Å². The molecule has 0 amide bonds. The summed E-state index contributed by atoms with van der Waals surface area (Å²) in [7, 11) is 2.11. The molecule has 20 heavy (non-hydrogen) atoms. The molecule has 2 aromatic heterocycles. The SMILES string of the molecule is Cc1[nH]ncc1CN1CCC(N(C)c2ccncn2)C1. The predicted molar refractivity (Wildman–Crippen MR) is 77.4 cm³/mol. The van der Waals surface area contributed by atoms with Gasteiger partial charge in [0.05, 0.1) is 6.20 Å². The number of aryl methyl sites for hydroxylation is 1. The minimum Gasteiger partial charge on any atom is -0.355 e. The van der Waals surface area contributed by atoms with E-state index in [9.17, 15) is 0 Å². The van der Waals surface area contributed by atoms with E-state index in [1.165, 1.54) is 5.56 Å². The second kappa shape index (κ2) is 5.58. The van der Waals surface area contributed by atoms with Crippen LogP contribution in [0.2, 0.25) is 0 Å². The highest BCUT2D eigenvalue weighted by Gasteiger charge is 2.26. The van der Waals surface area contributed by atoms with E-state index in [0.29, 0.717) is 6.04 Å². The van der Waals surface area contributed by atoms with E-state index >= 15 is 0 Å². The van der Waals surface area contributed by atoms with Gasteiger partial charge < -0.3 is 4.90 Å².